The quantitative estimate of drug-likeness (QED) is 0.784. The normalized spacial score (nSPS) is 12.3. The summed E-state index contributed by atoms with van der Waals surface area (Å²) in [4.78, 5) is 4.59. The Labute approximate surface area is 127 Å². The number of halogens is 1. The maximum absolute atomic E-state index is 12.9. The van der Waals surface area contributed by atoms with Crippen molar-refractivity contribution < 1.29 is 4.39 Å². The Morgan fingerprint density at radius 2 is 1.76 bits per heavy atom. The molecule has 3 rings (SSSR count). The Balaban J connectivity index is 1.75. The van der Waals surface area contributed by atoms with Crippen molar-refractivity contribution in [3.05, 3.63) is 77.1 Å². The van der Waals surface area contributed by atoms with Gasteiger partial charge in [-0.15, -0.1) is 11.3 Å². The molecule has 0 radical (unpaired) electrons. The molecule has 0 saturated carbocycles. The van der Waals surface area contributed by atoms with Gasteiger partial charge in [-0.25, -0.2) is 9.37 Å². The molecule has 0 saturated heterocycles. The van der Waals surface area contributed by atoms with Crippen molar-refractivity contribution in [2.24, 2.45) is 5.73 Å². The molecule has 1 aromatic heterocycles. The fraction of sp³-hybridized carbons (Fsp3) is 0.118. The van der Waals surface area contributed by atoms with Crippen molar-refractivity contribution in [3.63, 3.8) is 0 Å². The first-order valence-electron chi connectivity index (χ1n) is 6.73. The molecule has 21 heavy (non-hydrogen) atoms. The van der Waals surface area contributed by atoms with Crippen LogP contribution in [-0.2, 0) is 6.42 Å². The molecule has 0 aliphatic heterocycles. The van der Waals surface area contributed by atoms with E-state index in [0.29, 0.717) is 6.42 Å². The van der Waals surface area contributed by atoms with Gasteiger partial charge in [0, 0.05) is 23.4 Å². The van der Waals surface area contributed by atoms with Crippen LogP contribution >= 0.6 is 11.3 Å². The summed E-state index contributed by atoms with van der Waals surface area (Å²) in [5.41, 5.74) is 9.21. The molecule has 2 N–H and O–H groups in total. The molecule has 0 fully saturated rings. The molecule has 0 aliphatic rings. The Morgan fingerprint density at radius 1 is 1.05 bits per heavy atom. The first-order chi connectivity index (χ1) is 10.2. The summed E-state index contributed by atoms with van der Waals surface area (Å²) in [6, 6.07) is 16.3. The molecule has 1 atom stereocenters. The molecule has 0 bridgehead atoms. The highest BCUT2D eigenvalue weighted by molar-refractivity contribution is 7.13. The van der Waals surface area contributed by atoms with Gasteiger partial charge >= 0.3 is 0 Å². The predicted molar refractivity (Wildman–Crippen MR) is 84.6 cm³/mol. The van der Waals surface area contributed by atoms with Gasteiger partial charge in [-0.2, -0.15) is 0 Å². The fourth-order valence-electron chi connectivity index (χ4n) is 2.17. The van der Waals surface area contributed by atoms with Crippen LogP contribution < -0.4 is 5.73 Å². The number of rotatable bonds is 4. The first kappa shape index (κ1) is 13.9. The van der Waals surface area contributed by atoms with E-state index in [1.54, 1.807) is 23.5 Å². The molecule has 1 unspecified atom stereocenters. The van der Waals surface area contributed by atoms with Gasteiger partial charge in [-0.1, -0.05) is 30.3 Å². The molecule has 1 heterocycles. The van der Waals surface area contributed by atoms with Gasteiger partial charge in [-0.3, -0.25) is 0 Å². The topological polar surface area (TPSA) is 38.9 Å². The van der Waals surface area contributed by atoms with Crippen LogP contribution in [0.25, 0.3) is 10.6 Å². The number of hydrogen-bond acceptors (Lipinski definition) is 3. The van der Waals surface area contributed by atoms with Crippen LogP contribution in [0.2, 0.25) is 0 Å². The van der Waals surface area contributed by atoms with Gasteiger partial charge in [0.1, 0.15) is 10.8 Å². The van der Waals surface area contributed by atoms with Crippen molar-refractivity contribution in [2.75, 3.05) is 0 Å². The molecule has 4 heteroatoms. The monoisotopic (exact) mass is 298 g/mol. The lowest BCUT2D eigenvalue weighted by molar-refractivity contribution is 0.628. The number of aromatic nitrogens is 1. The molecule has 106 valence electrons. The molecular weight excluding hydrogens is 283 g/mol. The van der Waals surface area contributed by atoms with Crippen molar-refractivity contribution >= 4 is 11.3 Å². The van der Waals surface area contributed by atoms with Crippen LogP contribution in [0.3, 0.4) is 0 Å². The number of benzene rings is 2. The standard InChI is InChI=1S/C17H15FN2S/c18-14-8-6-13(7-9-14)17-20-15(11-21-17)10-16(19)12-4-2-1-3-5-12/h1-9,11,16H,10,19H2. The minimum absolute atomic E-state index is 0.0608. The number of hydrogen-bond donors (Lipinski definition) is 1. The van der Waals surface area contributed by atoms with Crippen LogP contribution in [0.4, 0.5) is 4.39 Å². The average molecular weight is 298 g/mol. The van der Waals surface area contributed by atoms with Crippen LogP contribution in [-0.4, -0.2) is 4.98 Å². The van der Waals surface area contributed by atoms with E-state index in [9.17, 15) is 4.39 Å². The molecular formula is C17H15FN2S. The van der Waals surface area contributed by atoms with E-state index >= 15 is 0 Å². The SMILES string of the molecule is NC(Cc1csc(-c2ccc(F)cc2)n1)c1ccccc1. The zero-order chi connectivity index (χ0) is 14.7. The van der Waals surface area contributed by atoms with E-state index in [1.165, 1.54) is 12.1 Å². The molecule has 2 aromatic carbocycles. The number of thiazole rings is 1. The van der Waals surface area contributed by atoms with Crippen molar-refractivity contribution in [1.29, 1.82) is 0 Å². The van der Waals surface area contributed by atoms with Gasteiger partial charge in [0.25, 0.3) is 0 Å². The Morgan fingerprint density at radius 3 is 2.48 bits per heavy atom. The number of nitrogens with two attached hydrogens (primary N) is 1. The third-order valence-electron chi connectivity index (χ3n) is 3.30. The maximum Gasteiger partial charge on any atom is 0.123 e. The summed E-state index contributed by atoms with van der Waals surface area (Å²) in [5, 5.41) is 2.91. The van der Waals surface area contributed by atoms with Gasteiger partial charge < -0.3 is 5.73 Å². The van der Waals surface area contributed by atoms with Crippen molar-refractivity contribution in [1.82, 2.24) is 4.98 Å². The second-order valence-corrected chi connectivity index (χ2v) is 5.73. The second-order valence-electron chi connectivity index (χ2n) is 4.87. The van der Waals surface area contributed by atoms with Gasteiger partial charge in [0.2, 0.25) is 0 Å². The summed E-state index contributed by atoms with van der Waals surface area (Å²) < 4.78 is 12.9. The summed E-state index contributed by atoms with van der Waals surface area (Å²) >= 11 is 1.56. The highest BCUT2D eigenvalue weighted by atomic mass is 32.1. The molecule has 0 spiro atoms. The smallest absolute Gasteiger partial charge is 0.123 e. The zero-order valence-corrected chi connectivity index (χ0v) is 12.2. The van der Waals surface area contributed by atoms with Gasteiger partial charge in [0.05, 0.1) is 5.69 Å². The predicted octanol–water partition coefficient (Wildman–Crippen LogP) is 4.19. The highest BCUT2D eigenvalue weighted by Gasteiger charge is 2.10. The Kier molecular flexibility index (Phi) is 4.08. The lowest BCUT2D eigenvalue weighted by Gasteiger charge is -2.09. The van der Waals surface area contributed by atoms with E-state index in [1.807, 2.05) is 35.7 Å². The summed E-state index contributed by atoms with van der Waals surface area (Å²) in [6.07, 6.45) is 0.696. The lowest BCUT2D eigenvalue weighted by Crippen LogP contribution is -2.13. The number of nitrogens with zero attached hydrogens (tertiary/aromatic N) is 1. The van der Waals surface area contributed by atoms with E-state index < -0.39 is 0 Å². The molecule has 3 aromatic rings. The summed E-state index contributed by atoms with van der Waals surface area (Å²) in [7, 11) is 0. The van der Waals surface area contributed by atoms with Gasteiger partial charge in [-0.05, 0) is 29.8 Å². The summed E-state index contributed by atoms with van der Waals surface area (Å²) in [5.74, 6) is -0.235. The van der Waals surface area contributed by atoms with E-state index in [0.717, 1.165) is 21.8 Å². The lowest BCUT2D eigenvalue weighted by atomic mass is 10.0. The maximum atomic E-state index is 12.9. The van der Waals surface area contributed by atoms with E-state index in [-0.39, 0.29) is 11.9 Å². The van der Waals surface area contributed by atoms with E-state index in [4.69, 9.17) is 5.73 Å². The van der Waals surface area contributed by atoms with E-state index in [2.05, 4.69) is 4.98 Å². The van der Waals surface area contributed by atoms with Crippen LogP contribution in [0.1, 0.15) is 17.3 Å². The van der Waals surface area contributed by atoms with Crippen molar-refractivity contribution in [3.8, 4) is 10.6 Å². The van der Waals surface area contributed by atoms with Crippen LogP contribution in [0.15, 0.2) is 60.0 Å². The minimum Gasteiger partial charge on any atom is -0.324 e. The van der Waals surface area contributed by atoms with Crippen LogP contribution in [0.5, 0.6) is 0 Å². The third-order valence-corrected chi connectivity index (χ3v) is 4.24. The average Bonchev–Trinajstić information content (AvgIpc) is 2.97. The Hall–Kier alpha value is -2.04. The van der Waals surface area contributed by atoms with Gasteiger partial charge in [0.15, 0.2) is 0 Å². The Bertz CT molecular complexity index is 707. The molecule has 0 amide bonds. The zero-order valence-electron chi connectivity index (χ0n) is 11.4. The third kappa shape index (κ3) is 3.35. The van der Waals surface area contributed by atoms with Crippen LogP contribution in [0, 0.1) is 5.82 Å². The molecule has 0 aliphatic carbocycles. The fourth-order valence-corrected chi connectivity index (χ4v) is 3.01. The largest absolute Gasteiger partial charge is 0.324 e. The summed E-state index contributed by atoms with van der Waals surface area (Å²) in [6.45, 7) is 0. The van der Waals surface area contributed by atoms with Crippen molar-refractivity contribution in [2.45, 2.75) is 12.5 Å². The minimum atomic E-state index is -0.235. The molecule has 2 nitrogen and oxygen atoms in total. The second kappa shape index (κ2) is 6.16. The first-order valence-corrected chi connectivity index (χ1v) is 7.61. The highest BCUT2D eigenvalue weighted by Crippen LogP contribution is 2.25.